The summed E-state index contributed by atoms with van der Waals surface area (Å²) in [5.41, 5.74) is 7.10. The van der Waals surface area contributed by atoms with Gasteiger partial charge in [0, 0.05) is 5.56 Å². The van der Waals surface area contributed by atoms with Crippen LogP contribution in [-0.2, 0) is 0 Å². The fraction of sp³-hybridized carbons (Fsp3) is 0.100. The molecule has 0 aromatic heterocycles. The van der Waals surface area contributed by atoms with Gasteiger partial charge in [0.2, 0.25) is 0 Å². The molecule has 59 valence electrons. The van der Waals surface area contributed by atoms with Crippen molar-refractivity contribution < 1.29 is 0 Å². The Kier molecular flexibility index (Phi) is 1.67. The molecule has 0 unspecified atom stereocenters. The van der Waals surface area contributed by atoms with E-state index in [-0.39, 0.29) is 0 Å². The molecule has 2 rings (SSSR count). The molecule has 1 radical (unpaired) electrons. The number of benzene rings is 1. The third-order valence-electron chi connectivity index (χ3n) is 1.78. The molecule has 1 aromatic rings. The average Bonchev–Trinajstić information content (AvgIpc) is 2.56. The minimum atomic E-state index is 0.943. The average molecular weight is 157 g/mol. The first-order chi connectivity index (χ1) is 5.86. The molecule has 0 fully saturated rings. The number of nitrogens with zero attached hydrogens (tertiary/aromatic N) is 2. The Morgan fingerprint density at radius 1 is 1.25 bits per heavy atom. The molecule has 12 heavy (non-hydrogen) atoms. The van der Waals surface area contributed by atoms with Gasteiger partial charge in [0.15, 0.2) is 0 Å². The van der Waals surface area contributed by atoms with Gasteiger partial charge in [-0.05, 0) is 19.1 Å². The van der Waals surface area contributed by atoms with Crippen molar-refractivity contribution in [1.29, 1.82) is 0 Å². The van der Waals surface area contributed by atoms with E-state index in [0.717, 1.165) is 11.3 Å². The molecule has 0 bridgehead atoms. The van der Waals surface area contributed by atoms with Crippen LogP contribution in [-0.4, -0.2) is 5.71 Å². The van der Waals surface area contributed by atoms with E-state index >= 15 is 0 Å². The molecule has 0 amide bonds. The highest BCUT2D eigenvalue weighted by Crippen LogP contribution is 2.08. The maximum Gasteiger partial charge on any atom is 0.0945 e. The summed E-state index contributed by atoms with van der Waals surface area (Å²) in [5.74, 6) is 0. The lowest BCUT2D eigenvalue weighted by Crippen LogP contribution is -1.94. The van der Waals surface area contributed by atoms with E-state index in [4.69, 9.17) is 0 Å². The fourth-order valence-corrected chi connectivity index (χ4v) is 1.19. The molecule has 0 spiro atoms. The third-order valence-corrected chi connectivity index (χ3v) is 1.78. The lowest BCUT2D eigenvalue weighted by Gasteiger charge is -1.97. The quantitative estimate of drug-likeness (QED) is 0.594. The van der Waals surface area contributed by atoms with E-state index in [1.165, 1.54) is 5.56 Å². The smallest absolute Gasteiger partial charge is 0.0945 e. The van der Waals surface area contributed by atoms with Gasteiger partial charge in [0.05, 0.1) is 11.9 Å². The Balaban J connectivity index is 2.40. The standard InChI is InChI=1S/C10H9N2/c1-8-3-2-4-9(7-8)10-5-6-11-12-10/h2-7H,1H3. The molecule has 0 saturated heterocycles. The molecule has 2 heteroatoms. The number of aryl methyl sites for hydroxylation is 1. The number of allylic oxidation sites excluding steroid dienone is 1. The van der Waals surface area contributed by atoms with Gasteiger partial charge in [-0.15, -0.1) is 0 Å². The zero-order valence-electron chi connectivity index (χ0n) is 6.86. The number of hydrogen-bond acceptors (Lipinski definition) is 1. The summed E-state index contributed by atoms with van der Waals surface area (Å²) in [5, 5.41) is 3.98. The third kappa shape index (κ3) is 1.23. The molecule has 1 heterocycles. The molecule has 0 saturated carbocycles. The van der Waals surface area contributed by atoms with Crippen LogP contribution in [0.15, 0.2) is 41.6 Å². The Labute approximate surface area is 71.6 Å². The van der Waals surface area contributed by atoms with E-state index in [0.29, 0.717) is 0 Å². The van der Waals surface area contributed by atoms with Crippen molar-refractivity contribution in [2.24, 2.45) is 5.10 Å². The molecule has 1 aliphatic heterocycles. The van der Waals surface area contributed by atoms with E-state index in [2.05, 4.69) is 29.6 Å². The van der Waals surface area contributed by atoms with Crippen LogP contribution in [0.3, 0.4) is 0 Å². The van der Waals surface area contributed by atoms with Gasteiger partial charge in [-0.2, -0.15) is 10.5 Å². The van der Waals surface area contributed by atoms with E-state index in [1.807, 2.05) is 18.2 Å². The van der Waals surface area contributed by atoms with Crippen molar-refractivity contribution in [3.8, 4) is 0 Å². The van der Waals surface area contributed by atoms with Gasteiger partial charge in [0.1, 0.15) is 0 Å². The minimum Gasteiger partial charge on any atom is -0.158 e. The van der Waals surface area contributed by atoms with E-state index in [1.54, 1.807) is 6.20 Å². The zero-order chi connectivity index (χ0) is 8.39. The van der Waals surface area contributed by atoms with Gasteiger partial charge in [-0.1, -0.05) is 23.8 Å². The SMILES string of the molecule is Cc1cccc(C2=N[N]C=C2)c1. The molecule has 0 atom stereocenters. The molecule has 2 nitrogen and oxygen atoms in total. The van der Waals surface area contributed by atoms with Crippen molar-refractivity contribution >= 4 is 5.71 Å². The molecule has 0 aliphatic carbocycles. The highest BCUT2D eigenvalue weighted by Gasteiger charge is 2.03. The number of hydrogen-bond donors (Lipinski definition) is 0. The molecule has 1 aromatic carbocycles. The van der Waals surface area contributed by atoms with Crippen LogP contribution >= 0.6 is 0 Å². The Morgan fingerprint density at radius 3 is 2.83 bits per heavy atom. The fourth-order valence-electron chi connectivity index (χ4n) is 1.19. The highest BCUT2D eigenvalue weighted by atomic mass is 15.3. The van der Waals surface area contributed by atoms with Gasteiger partial charge in [-0.3, -0.25) is 0 Å². The van der Waals surface area contributed by atoms with E-state index in [9.17, 15) is 0 Å². The maximum absolute atomic E-state index is 3.98. The second-order valence-corrected chi connectivity index (χ2v) is 2.79. The van der Waals surface area contributed by atoms with E-state index < -0.39 is 0 Å². The van der Waals surface area contributed by atoms with Crippen LogP contribution in [0.4, 0.5) is 0 Å². The largest absolute Gasteiger partial charge is 0.158 e. The Morgan fingerprint density at radius 2 is 2.17 bits per heavy atom. The second kappa shape index (κ2) is 2.81. The van der Waals surface area contributed by atoms with Crippen LogP contribution in [0.5, 0.6) is 0 Å². The van der Waals surface area contributed by atoms with Crippen molar-refractivity contribution in [3.05, 3.63) is 47.7 Å². The first-order valence-electron chi connectivity index (χ1n) is 3.88. The van der Waals surface area contributed by atoms with Crippen molar-refractivity contribution in [1.82, 2.24) is 5.43 Å². The minimum absolute atomic E-state index is 0.943. The summed E-state index contributed by atoms with van der Waals surface area (Å²) in [6.45, 7) is 2.07. The van der Waals surface area contributed by atoms with Crippen molar-refractivity contribution in [2.45, 2.75) is 6.92 Å². The first-order valence-corrected chi connectivity index (χ1v) is 3.88. The van der Waals surface area contributed by atoms with Gasteiger partial charge >= 0.3 is 0 Å². The van der Waals surface area contributed by atoms with Crippen molar-refractivity contribution in [3.63, 3.8) is 0 Å². The lowest BCUT2D eigenvalue weighted by molar-refractivity contribution is 0.972. The Bertz CT molecular complexity index is 351. The molecular weight excluding hydrogens is 148 g/mol. The Hall–Kier alpha value is -1.57. The van der Waals surface area contributed by atoms with Crippen LogP contribution in [0, 0.1) is 6.92 Å². The first kappa shape index (κ1) is 7.10. The van der Waals surface area contributed by atoms with Crippen LogP contribution in [0.2, 0.25) is 0 Å². The normalized spacial score (nSPS) is 14.2. The molecule has 0 N–H and O–H groups in total. The zero-order valence-corrected chi connectivity index (χ0v) is 6.86. The van der Waals surface area contributed by atoms with Crippen LogP contribution < -0.4 is 5.43 Å². The van der Waals surface area contributed by atoms with Crippen LogP contribution in [0.1, 0.15) is 11.1 Å². The summed E-state index contributed by atoms with van der Waals surface area (Å²) in [6, 6.07) is 8.24. The lowest BCUT2D eigenvalue weighted by atomic mass is 10.1. The topological polar surface area (TPSA) is 26.5 Å². The summed E-state index contributed by atoms with van der Waals surface area (Å²) in [4.78, 5) is 0. The molecule has 1 aliphatic rings. The summed E-state index contributed by atoms with van der Waals surface area (Å²) in [6.07, 6.45) is 3.62. The summed E-state index contributed by atoms with van der Waals surface area (Å²) >= 11 is 0. The monoisotopic (exact) mass is 157 g/mol. The van der Waals surface area contributed by atoms with Gasteiger partial charge < -0.3 is 0 Å². The second-order valence-electron chi connectivity index (χ2n) is 2.79. The van der Waals surface area contributed by atoms with Crippen LogP contribution in [0.25, 0.3) is 0 Å². The van der Waals surface area contributed by atoms with Gasteiger partial charge in [0.25, 0.3) is 0 Å². The highest BCUT2D eigenvalue weighted by molar-refractivity contribution is 6.09. The summed E-state index contributed by atoms with van der Waals surface area (Å²) in [7, 11) is 0. The predicted octanol–water partition coefficient (Wildman–Crippen LogP) is 1.83. The predicted molar refractivity (Wildman–Crippen MR) is 49.0 cm³/mol. The number of rotatable bonds is 1. The van der Waals surface area contributed by atoms with Gasteiger partial charge in [-0.25, -0.2) is 0 Å². The summed E-state index contributed by atoms with van der Waals surface area (Å²) < 4.78 is 0. The maximum atomic E-state index is 3.98. The molecular formula is C10H9N2. The van der Waals surface area contributed by atoms with Crippen molar-refractivity contribution in [2.75, 3.05) is 0 Å².